The van der Waals surface area contributed by atoms with E-state index in [0.29, 0.717) is 13.2 Å². The third-order valence-corrected chi connectivity index (χ3v) is 2.43. The van der Waals surface area contributed by atoms with Crippen molar-refractivity contribution in [3.05, 3.63) is 22.8 Å². The number of carboxylic acid groups (broad SMARTS) is 1. The van der Waals surface area contributed by atoms with Crippen LogP contribution in [0.4, 0.5) is 0 Å². The molecule has 1 fully saturated rings. The van der Waals surface area contributed by atoms with Crippen molar-refractivity contribution in [3.63, 3.8) is 0 Å². The van der Waals surface area contributed by atoms with Crippen molar-refractivity contribution < 1.29 is 19.4 Å². The molecule has 2 heterocycles. The van der Waals surface area contributed by atoms with Crippen molar-refractivity contribution >= 4 is 17.6 Å². The molecule has 0 radical (unpaired) electrons. The van der Waals surface area contributed by atoms with Crippen LogP contribution < -0.4 is 4.74 Å². The molecule has 0 spiro atoms. The highest BCUT2D eigenvalue weighted by atomic mass is 35.5. The second-order valence-electron chi connectivity index (χ2n) is 3.40. The summed E-state index contributed by atoms with van der Waals surface area (Å²) in [5.74, 6) is -1.03. The Hall–Kier alpha value is -1.33. The van der Waals surface area contributed by atoms with Gasteiger partial charge in [-0.3, -0.25) is 0 Å². The highest BCUT2D eigenvalue weighted by Crippen LogP contribution is 2.22. The number of carboxylic acids is 1. The van der Waals surface area contributed by atoms with Gasteiger partial charge in [0.2, 0.25) is 5.88 Å². The summed E-state index contributed by atoms with van der Waals surface area (Å²) in [6, 6.07) is 2.80. The van der Waals surface area contributed by atoms with E-state index in [2.05, 4.69) is 4.98 Å². The van der Waals surface area contributed by atoms with Gasteiger partial charge in [-0.1, -0.05) is 11.6 Å². The van der Waals surface area contributed by atoms with Crippen LogP contribution in [0.15, 0.2) is 12.1 Å². The van der Waals surface area contributed by atoms with Gasteiger partial charge < -0.3 is 14.6 Å². The molecule has 1 aromatic rings. The van der Waals surface area contributed by atoms with E-state index in [1.807, 2.05) is 0 Å². The number of hydrogen-bond acceptors (Lipinski definition) is 4. The molecule has 1 aromatic heterocycles. The summed E-state index contributed by atoms with van der Waals surface area (Å²) in [4.78, 5) is 14.8. The topological polar surface area (TPSA) is 68.7 Å². The molecule has 6 heteroatoms. The molecule has 86 valence electrons. The molecule has 0 aromatic carbocycles. The van der Waals surface area contributed by atoms with E-state index in [1.165, 1.54) is 12.1 Å². The summed E-state index contributed by atoms with van der Waals surface area (Å²) in [7, 11) is 0. The lowest BCUT2D eigenvalue weighted by molar-refractivity contribution is 0.0685. The summed E-state index contributed by atoms with van der Waals surface area (Å²) in [5.41, 5.74) is 0.0105. The van der Waals surface area contributed by atoms with Gasteiger partial charge in [0.25, 0.3) is 0 Å². The fourth-order valence-electron chi connectivity index (χ4n) is 1.43. The van der Waals surface area contributed by atoms with Crippen LogP contribution in [0.1, 0.15) is 16.8 Å². The van der Waals surface area contributed by atoms with Crippen LogP contribution >= 0.6 is 11.6 Å². The summed E-state index contributed by atoms with van der Waals surface area (Å²) in [5, 5.41) is 9.14. The van der Waals surface area contributed by atoms with E-state index in [0.717, 1.165) is 6.42 Å². The van der Waals surface area contributed by atoms with Crippen molar-refractivity contribution in [2.24, 2.45) is 0 Å². The highest BCUT2D eigenvalue weighted by Gasteiger charge is 2.21. The minimum Gasteiger partial charge on any atom is -0.477 e. The molecule has 1 saturated heterocycles. The fourth-order valence-corrected chi connectivity index (χ4v) is 1.57. The van der Waals surface area contributed by atoms with Crippen LogP contribution in [-0.4, -0.2) is 35.4 Å². The van der Waals surface area contributed by atoms with Gasteiger partial charge in [-0.05, 0) is 12.1 Å². The normalized spacial score (nSPS) is 19.7. The van der Waals surface area contributed by atoms with Gasteiger partial charge in [0.1, 0.15) is 16.8 Å². The number of nitrogens with zero attached hydrogens (tertiary/aromatic N) is 1. The largest absolute Gasteiger partial charge is 0.477 e. The maximum atomic E-state index is 10.9. The number of halogens is 1. The maximum Gasteiger partial charge on any atom is 0.341 e. The predicted octanol–water partition coefficient (Wildman–Crippen LogP) is 1.60. The van der Waals surface area contributed by atoms with Crippen LogP contribution in [0.3, 0.4) is 0 Å². The average molecular weight is 244 g/mol. The summed E-state index contributed by atoms with van der Waals surface area (Å²) >= 11 is 5.69. The number of ether oxygens (including phenoxy) is 2. The van der Waals surface area contributed by atoms with E-state index in [4.69, 9.17) is 26.2 Å². The van der Waals surface area contributed by atoms with E-state index >= 15 is 0 Å². The van der Waals surface area contributed by atoms with E-state index in [-0.39, 0.29) is 22.7 Å². The zero-order valence-corrected chi connectivity index (χ0v) is 9.11. The summed E-state index contributed by atoms with van der Waals surface area (Å²) in [6.07, 6.45) is 0.580. The third-order valence-electron chi connectivity index (χ3n) is 2.22. The Bertz CT molecular complexity index is 404. The first-order valence-corrected chi connectivity index (χ1v) is 5.19. The Balaban J connectivity index is 2.22. The Morgan fingerprint density at radius 1 is 1.62 bits per heavy atom. The molecule has 1 atom stereocenters. The quantitative estimate of drug-likeness (QED) is 0.817. The Labute approximate surface area is 97.0 Å². The average Bonchev–Trinajstić information content (AvgIpc) is 2.70. The SMILES string of the molecule is O=C(O)c1ccc(Cl)nc1OC1CCOC1. The molecule has 0 bridgehead atoms. The second kappa shape index (κ2) is 4.67. The summed E-state index contributed by atoms with van der Waals surface area (Å²) in [6.45, 7) is 1.07. The van der Waals surface area contributed by atoms with E-state index < -0.39 is 5.97 Å². The van der Waals surface area contributed by atoms with Crippen molar-refractivity contribution in [1.29, 1.82) is 0 Å². The monoisotopic (exact) mass is 243 g/mol. The molecule has 0 aliphatic carbocycles. The van der Waals surface area contributed by atoms with Crippen LogP contribution in [0, 0.1) is 0 Å². The van der Waals surface area contributed by atoms with E-state index in [1.54, 1.807) is 0 Å². The van der Waals surface area contributed by atoms with Gasteiger partial charge in [0.15, 0.2) is 0 Å². The molecule has 16 heavy (non-hydrogen) atoms. The standard InChI is InChI=1S/C10H10ClNO4/c11-8-2-1-7(10(13)14)9(12-8)16-6-3-4-15-5-6/h1-2,6H,3-5H2,(H,13,14). The Morgan fingerprint density at radius 2 is 2.44 bits per heavy atom. The highest BCUT2D eigenvalue weighted by molar-refractivity contribution is 6.29. The van der Waals surface area contributed by atoms with Crippen molar-refractivity contribution in [1.82, 2.24) is 4.98 Å². The molecule has 0 saturated carbocycles. The lowest BCUT2D eigenvalue weighted by atomic mass is 10.2. The number of aromatic nitrogens is 1. The number of hydrogen-bond donors (Lipinski definition) is 1. The van der Waals surface area contributed by atoms with Crippen LogP contribution in [0.2, 0.25) is 5.15 Å². The zero-order chi connectivity index (χ0) is 11.5. The number of rotatable bonds is 3. The molecule has 1 aliphatic rings. The van der Waals surface area contributed by atoms with Crippen LogP contribution in [0.25, 0.3) is 0 Å². The van der Waals surface area contributed by atoms with Crippen LogP contribution in [0.5, 0.6) is 5.88 Å². The molecular formula is C10H10ClNO4. The minimum atomic E-state index is -1.09. The first-order valence-electron chi connectivity index (χ1n) is 4.81. The number of aromatic carboxylic acids is 1. The van der Waals surface area contributed by atoms with Crippen molar-refractivity contribution in [2.75, 3.05) is 13.2 Å². The molecular weight excluding hydrogens is 234 g/mol. The third kappa shape index (κ3) is 2.43. The van der Waals surface area contributed by atoms with Gasteiger partial charge in [-0.25, -0.2) is 9.78 Å². The van der Waals surface area contributed by atoms with Crippen LogP contribution in [-0.2, 0) is 4.74 Å². The smallest absolute Gasteiger partial charge is 0.341 e. The Kier molecular flexibility index (Phi) is 3.26. The Morgan fingerprint density at radius 3 is 3.06 bits per heavy atom. The molecule has 1 N–H and O–H groups in total. The zero-order valence-electron chi connectivity index (χ0n) is 8.35. The molecule has 1 aliphatic heterocycles. The second-order valence-corrected chi connectivity index (χ2v) is 3.78. The lowest BCUT2D eigenvalue weighted by Gasteiger charge is -2.12. The molecule has 5 nitrogen and oxygen atoms in total. The minimum absolute atomic E-state index is 0.0105. The molecule has 2 rings (SSSR count). The predicted molar refractivity (Wildman–Crippen MR) is 56.1 cm³/mol. The number of pyridine rings is 1. The van der Waals surface area contributed by atoms with E-state index in [9.17, 15) is 4.79 Å². The fraction of sp³-hybridized carbons (Fsp3) is 0.400. The van der Waals surface area contributed by atoms with Gasteiger partial charge in [0, 0.05) is 6.42 Å². The van der Waals surface area contributed by atoms with Gasteiger partial charge in [0.05, 0.1) is 13.2 Å². The van der Waals surface area contributed by atoms with Crippen molar-refractivity contribution in [3.8, 4) is 5.88 Å². The first kappa shape index (κ1) is 11.2. The van der Waals surface area contributed by atoms with Gasteiger partial charge in [-0.15, -0.1) is 0 Å². The van der Waals surface area contributed by atoms with Gasteiger partial charge >= 0.3 is 5.97 Å². The molecule has 1 unspecified atom stereocenters. The lowest BCUT2D eigenvalue weighted by Crippen LogP contribution is -2.18. The summed E-state index contributed by atoms with van der Waals surface area (Å²) < 4.78 is 10.6. The maximum absolute atomic E-state index is 10.9. The van der Waals surface area contributed by atoms with Crippen molar-refractivity contribution in [2.45, 2.75) is 12.5 Å². The first-order chi connectivity index (χ1) is 7.66. The van der Waals surface area contributed by atoms with Gasteiger partial charge in [-0.2, -0.15) is 0 Å². The molecule has 0 amide bonds. The number of carbonyl (C=O) groups is 1.